The van der Waals surface area contributed by atoms with E-state index >= 15 is 0 Å². The summed E-state index contributed by atoms with van der Waals surface area (Å²) in [4.78, 5) is 0. The molecular formula is C14H28N2. The third-order valence-electron chi connectivity index (χ3n) is 4.72. The summed E-state index contributed by atoms with van der Waals surface area (Å²) in [5.41, 5.74) is 1.19. The minimum absolute atomic E-state index is 0.564. The van der Waals surface area contributed by atoms with Gasteiger partial charge in [0, 0.05) is 19.6 Å². The van der Waals surface area contributed by atoms with Crippen molar-refractivity contribution in [2.75, 3.05) is 26.2 Å². The summed E-state index contributed by atoms with van der Waals surface area (Å²) in [6.07, 6.45) is 8.37. The second-order valence-corrected chi connectivity index (χ2v) is 6.44. The molecule has 1 aliphatic heterocycles. The van der Waals surface area contributed by atoms with Gasteiger partial charge in [0.1, 0.15) is 0 Å². The smallest absolute Gasteiger partial charge is 0.00207 e. The van der Waals surface area contributed by atoms with Crippen LogP contribution in [-0.4, -0.2) is 26.2 Å². The van der Waals surface area contributed by atoms with E-state index in [1.165, 1.54) is 64.7 Å². The van der Waals surface area contributed by atoms with E-state index in [0.717, 1.165) is 0 Å². The fourth-order valence-electron chi connectivity index (χ4n) is 3.37. The van der Waals surface area contributed by atoms with Crippen LogP contribution in [0.2, 0.25) is 0 Å². The van der Waals surface area contributed by atoms with Gasteiger partial charge in [0.15, 0.2) is 0 Å². The maximum Gasteiger partial charge on any atom is 0.00207 e. The second-order valence-electron chi connectivity index (χ2n) is 6.44. The van der Waals surface area contributed by atoms with Crippen molar-refractivity contribution >= 4 is 0 Å². The number of hydrogen-bond donors (Lipinski definition) is 2. The summed E-state index contributed by atoms with van der Waals surface area (Å²) in [6, 6.07) is 0. The van der Waals surface area contributed by atoms with E-state index in [4.69, 9.17) is 0 Å². The normalized spacial score (nSPS) is 32.6. The highest BCUT2D eigenvalue weighted by Gasteiger charge is 2.35. The molecule has 2 fully saturated rings. The Bertz CT molecular complexity index is 215. The Labute approximate surface area is 101 Å². The lowest BCUT2D eigenvalue weighted by Crippen LogP contribution is -2.43. The Hall–Kier alpha value is -0.0800. The van der Waals surface area contributed by atoms with E-state index in [-0.39, 0.29) is 0 Å². The van der Waals surface area contributed by atoms with E-state index in [1.54, 1.807) is 0 Å². The standard InChI is InChI=1S/C14H28N2/c1-3-5-14(8-9-15-11-14)12-16-10-13(2)6-4-7-13/h15-16H,3-12H2,1-2H3. The molecule has 0 radical (unpaired) electrons. The molecular weight excluding hydrogens is 196 g/mol. The quantitative estimate of drug-likeness (QED) is 0.724. The fourth-order valence-corrected chi connectivity index (χ4v) is 3.37. The predicted molar refractivity (Wildman–Crippen MR) is 69.7 cm³/mol. The van der Waals surface area contributed by atoms with Crippen LogP contribution in [0.25, 0.3) is 0 Å². The molecule has 1 unspecified atom stereocenters. The van der Waals surface area contributed by atoms with Gasteiger partial charge in [0.05, 0.1) is 0 Å². The molecule has 1 heterocycles. The molecule has 0 aromatic carbocycles. The van der Waals surface area contributed by atoms with Gasteiger partial charge < -0.3 is 10.6 Å². The molecule has 0 aromatic rings. The summed E-state index contributed by atoms with van der Waals surface area (Å²) in [5.74, 6) is 0. The van der Waals surface area contributed by atoms with Gasteiger partial charge in [0.25, 0.3) is 0 Å². The zero-order chi connectivity index (χ0) is 11.5. The van der Waals surface area contributed by atoms with Gasteiger partial charge >= 0.3 is 0 Å². The van der Waals surface area contributed by atoms with Crippen molar-refractivity contribution in [3.63, 3.8) is 0 Å². The molecule has 1 saturated heterocycles. The summed E-state index contributed by atoms with van der Waals surface area (Å²) >= 11 is 0. The largest absolute Gasteiger partial charge is 0.316 e. The van der Waals surface area contributed by atoms with Crippen LogP contribution in [0.1, 0.15) is 52.4 Å². The Kier molecular flexibility index (Phi) is 3.91. The Morgan fingerprint density at radius 1 is 1.19 bits per heavy atom. The van der Waals surface area contributed by atoms with Crippen molar-refractivity contribution in [2.24, 2.45) is 10.8 Å². The molecule has 2 nitrogen and oxygen atoms in total. The lowest BCUT2D eigenvalue weighted by atomic mass is 9.70. The Balaban J connectivity index is 1.73. The molecule has 2 N–H and O–H groups in total. The van der Waals surface area contributed by atoms with E-state index in [0.29, 0.717) is 10.8 Å². The Morgan fingerprint density at radius 3 is 2.50 bits per heavy atom. The molecule has 16 heavy (non-hydrogen) atoms. The van der Waals surface area contributed by atoms with Gasteiger partial charge in [0.2, 0.25) is 0 Å². The maximum absolute atomic E-state index is 3.76. The molecule has 0 amide bonds. The van der Waals surface area contributed by atoms with Crippen LogP contribution in [0.15, 0.2) is 0 Å². The molecule has 94 valence electrons. The second kappa shape index (κ2) is 5.05. The zero-order valence-electron chi connectivity index (χ0n) is 11.1. The van der Waals surface area contributed by atoms with E-state index in [9.17, 15) is 0 Å². The van der Waals surface area contributed by atoms with Crippen molar-refractivity contribution in [2.45, 2.75) is 52.4 Å². The highest BCUT2D eigenvalue weighted by molar-refractivity contribution is 4.91. The maximum atomic E-state index is 3.76. The van der Waals surface area contributed by atoms with E-state index in [2.05, 4.69) is 24.5 Å². The van der Waals surface area contributed by atoms with Crippen molar-refractivity contribution in [3.05, 3.63) is 0 Å². The van der Waals surface area contributed by atoms with Crippen LogP contribution < -0.4 is 10.6 Å². The average molecular weight is 224 g/mol. The predicted octanol–water partition coefficient (Wildman–Crippen LogP) is 2.55. The SMILES string of the molecule is CCCC1(CNCC2(C)CCC2)CCNC1. The number of rotatable bonds is 6. The van der Waals surface area contributed by atoms with Gasteiger partial charge in [-0.3, -0.25) is 0 Å². The average Bonchev–Trinajstić information content (AvgIpc) is 2.65. The minimum atomic E-state index is 0.564. The lowest BCUT2D eigenvalue weighted by Gasteiger charge is -2.40. The van der Waals surface area contributed by atoms with Crippen LogP contribution in [-0.2, 0) is 0 Å². The van der Waals surface area contributed by atoms with E-state index < -0.39 is 0 Å². The van der Waals surface area contributed by atoms with Crippen LogP contribution >= 0.6 is 0 Å². The summed E-state index contributed by atoms with van der Waals surface area (Å²) in [6.45, 7) is 9.65. The third-order valence-corrected chi connectivity index (χ3v) is 4.72. The molecule has 2 heteroatoms. The first-order valence-corrected chi connectivity index (χ1v) is 7.10. The van der Waals surface area contributed by atoms with Gasteiger partial charge in [-0.2, -0.15) is 0 Å². The van der Waals surface area contributed by atoms with Crippen molar-refractivity contribution in [1.29, 1.82) is 0 Å². The van der Waals surface area contributed by atoms with E-state index in [1.807, 2.05) is 0 Å². The fraction of sp³-hybridized carbons (Fsp3) is 1.00. The van der Waals surface area contributed by atoms with Crippen LogP contribution in [0, 0.1) is 10.8 Å². The molecule has 1 aliphatic carbocycles. The highest BCUT2D eigenvalue weighted by Crippen LogP contribution is 2.39. The molecule has 1 saturated carbocycles. The van der Waals surface area contributed by atoms with Crippen LogP contribution in [0.3, 0.4) is 0 Å². The highest BCUT2D eigenvalue weighted by atomic mass is 15.0. The molecule has 2 rings (SSSR count). The lowest BCUT2D eigenvalue weighted by molar-refractivity contribution is 0.146. The first kappa shape index (κ1) is 12.4. The molecule has 2 aliphatic rings. The van der Waals surface area contributed by atoms with Gasteiger partial charge in [-0.15, -0.1) is 0 Å². The molecule has 0 spiro atoms. The van der Waals surface area contributed by atoms with Gasteiger partial charge in [-0.1, -0.05) is 26.7 Å². The van der Waals surface area contributed by atoms with Crippen LogP contribution in [0.5, 0.6) is 0 Å². The molecule has 0 bridgehead atoms. The van der Waals surface area contributed by atoms with Crippen molar-refractivity contribution in [1.82, 2.24) is 10.6 Å². The topological polar surface area (TPSA) is 24.1 Å². The summed E-state index contributed by atoms with van der Waals surface area (Å²) < 4.78 is 0. The molecule has 0 aromatic heterocycles. The number of nitrogens with one attached hydrogen (secondary N) is 2. The van der Waals surface area contributed by atoms with Gasteiger partial charge in [-0.05, 0) is 43.1 Å². The first-order valence-electron chi connectivity index (χ1n) is 7.10. The van der Waals surface area contributed by atoms with Crippen molar-refractivity contribution < 1.29 is 0 Å². The number of hydrogen-bond acceptors (Lipinski definition) is 2. The van der Waals surface area contributed by atoms with Gasteiger partial charge in [-0.25, -0.2) is 0 Å². The first-order chi connectivity index (χ1) is 7.68. The Morgan fingerprint density at radius 2 is 2.00 bits per heavy atom. The zero-order valence-corrected chi connectivity index (χ0v) is 11.1. The summed E-state index contributed by atoms with van der Waals surface area (Å²) in [7, 11) is 0. The monoisotopic (exact) mass is 224 g/mol. The van der Waals surface area contributed by atoms with Crippen LogP contribution in [0.4, 0.5) is 0 Å². The minimum Gasteiger partial charge on any atom is -0.316 e. The molecule has 1 atom stereocenters. The summed E-state index contributed by atoms with van der Waals surface area (Å²) in [5, 5.41) is 7.29. The van der Waals surface area contributed by atoms with Crippen molar-refractivity contribution in [3.8, 4) is 0 Å². The third kappa shape index (κ3) is 2.78.